The number of nitrogens with two attached hydrogens (primary N) is 1. The molecule has 4 heteroatoms. The van der Waals surface area contributed by atoms with E-state index in [4.69, 9.17) is 10.5 Å². The van der Waals surface area contributed by atoms with Gasteiger partial charge in [0.1, 0.15) is 0 Å². The second-order valence-corrected chi connectivity index (χ2v) is 4.51. The third-order valence-corrected chi connectivity index (χ3v) is 2.97. The summed E-state index contributed by atoms with van der Waals surface area (Å²) in [6.45, 7) is 3.25. The van der Waals surface area contributed by atoms with Crippen molar-refractivity contribution in [3.8, 4) is 0 Å². The molecule has 16 heavy (non-hydrogen) atoms. The molecular weight excluding hydrogens is 204 g/mol. The zero-order valence-corrected chi connectivity index (χ0v) is 10.2. The van der Waals surface area contributed by atoms with E-state index in [9.17, 15) is 4.79 Å². The smallest absolute Gasteiger partial charge is 0.220 e. The molecule has 1 fully saturated rings. The van der Waals surface area contributed by atoms with E-state index in [1.54, 1.807) is 0 Å². The number of amides is 1. The van der Waals surface area contributed by atoms with Crippen LogP contribution in [0.5, 0.6) is 0 Å². The average molecular weight is 228 g/mol. The third-order valence-electron chi connectivity index (χ3n) is 2.97. The van der Waals surface area contributed by atoms with Crippen molar-refractivity contribution in [2.24, 2.45) is 5.73 Å². The molecule has 0 aromatic rings. The fourth-order valence-electron chi connectivity index (χ4n) is 1.99. The lowest BCUT2D eigenvalue weighted by Crippen LogP contribution is -2.32. The Morgan fingerprint density at radius 3 is 2.69 bits per heavy atom. The van der Waals surface area contributed by atoms with Gasteiger partial charge in [0, 0.05) is 19.0 Å². The Labute approximate surface area is 97.9 Å². The Kier molecular flexibility index (Phi) is 6.42. The van der Waals surface area contributed by atoms with E-state index in [1.165, 1.54) is 0 Å². The van der Waals surface area contributed by atoms with Crippen molar-refractivity contribution in [3.63, 3.8) is 0 Å². The van der Waals surface area contributed by atoms with Crippen molar-refractivity contribution in [3.05, 3.63) is 0 Å². The van der Waals surface area contributed by atoms with Crippen LogP contribution in [0.4, 0.5) is 0 Å². The van der Waals surface area contributed by atoms with E-state index in [0.717, 1.165) is 32.1 Å². The minimum absolute atomic E-state index is 0.122. The summed E-state index contributed by atoms with van der Waals surface area (Å²) in [5.74, 6) is 0.122. The first-order chi connectivity index (χ1) is 7.72. The van der Waals surface area contributed by atoms with Crippen LogP contribution in [-0.4, -0.2) is 31.2 Å². The van der Waals surface area contributed by atoms with Crippen molar-refractivity contribution in [2.45, 2.75) is 57.6 Å². The first kappa shape index (κ1) is 13.5. The minimum atomic E-state index is 0.122. The van der Waals surface area contributed by atoms with Gasteiger partial charge in [-0.1, -0.05) is 6.92 Å². The first-order valence-corrected chi connectivity index (χ1v) is 6.36. The Morgan fingerprint density at radius 1 is 1.38 bits per heavy atom. The molecule has 0 aromatic heterocycles. The summed E-state index contributed by atoms with van der Waals surface area (Å²) < 4.78 is 5.69. The van der Waals surface area contributed by atoms with Crippen LogP contribution in [0.1, 0.15) is 45.4 Å². The van der Waals surface area contributed by atoms with Gasteiger partial charge >= 0.3 is 0 Å². The molecule has 0 unspecified atom stereocenters. The molecule has 0 aliphatic heterocycles. The molecule has 0 saturated heterocycles. The highest BCUT2D eigenvalue weighted by Gasteiger charge is 2.18. The highest BCUT2D eigenvalue weighted by Crippen LogP contribution is 2.19. The van der Waals surface area contributed by atoms with Crippen LogP contribution in [-0.2, 0) is 9.53 Å². The Balaban J connectivity index is 1.97. The lowest BCUT2D eigenvalue weighted by molar-refractivity contribution is -0.121. The van der Waals surface area contributed by atoms with Gasteiger partial charge in [-0.25, -0.2) is 0 Å². The van der Waals surface area contributed by atoms with Gasteiger partial charge in [-0.15, -0.1) is 0 Å². The monoisotopic (exact) mass is 228 g/mol. The lowest BCUT2D eigenvalue weighted by Gasteiger charge is -2.26. The average Bonchev–Trinajstić information content (AvgIpc) is 2.27. The molecule has 0 atom stereocenters. The molecule has 0 spiro atoms. The summed E-state index contributed by atoms with van der Waals surface area (Å²) in [4.78, 5) is 11.2. The number of hydrogen-bond acceptors (Lipinski definition) is 3. The molecule has 0 radical (unpaired) electrons. The summed E-state index contributed by atoms with van der Waals surface area (Å²) in [6.07, 6.45) is 6.10. The van der Waals surface area contributed by atoms with Crippen LogP contribution in [0.25, 0.3) is 0 Å². The highest BCUT2D eigenvalue weighted by atomic mass is 16.5. The van der Waals surface area contributed by atoms with Gasteiger partial charge in [-0.2, -0.15) is 0 Å². The summed E-state index contributed by atoms with van der Waals surface area (Å²) in [7, 11) is 0. The largest absolute Gasteiger partial charge is 0.376 e. The number of nitrogens with one attached hydrogen (secondary N) is 1. The predicted octanol–water partition coefficient (Wildman–Crippen LogP) is 1.19. The van der Waals surface area contributed by atoms with E-state index in [2.05, 4.69) is 5.32 Å². The summed E-state index contributed by atoms with van der Waals surface area (Å²) in [5, 5.41) is 2.84. The number of hydrogen-bond donors (Lipinski definition) is 2. The van der Waals surface area contributed by atoms with Gasteiger partial charge in [0.25, 0.3) is 0 Å². The van der Waals surface area contributed by atoms with Crippen LogP contribution in [0, 0.1) is 0 Å². The Hall–Kier alpha value is -0.610. The topological polar surface area (TPSA) is 64.3 Å². The van der Waals surface area contributed by atoms with Gasteiger partial charge in [-0.3, -0.25) is 4.79 Å². The SMILES string of the molecule is CCCC(=O)NCCOC1CCC(N)CC1. The molecular formula is C12H24N2O2. The van der Waals surface area contributed by atoms with Gasteiger partial charge in [0.05, 0.1) is 12.7 Å². The van der Waals surface area contributed by atoms with Gasteiger partial charge in [0.2, 0.25) is 5.91 Å². The van der Waals surface area contributed by atoms with Crippen molar-refractivity contribution >= 4 is 5.91 Å². The molecule has 1 saturated carbocycles. The van der Waals surface area contributed by atoms with Gasteiger partial charge in [0.15, 0.2) is 0 Å². The molecule has 1 aliphatic rings. The number of carbonyl (C=O) groups excluding carboxylic acids is 1. The van der Waals surface area contributed by atoms with Crippen molar-refractivity contribution in [1.82, 2.24) is 5.32 Å². The maximum Gasteiger partial charge on any atom is 0.220 e. The summed E-state index contributed by atoms with van der Waals surface area (Å²) in [5.41, 5.74) is 5.81. The molecule has 1 rings (SSSR count). The van der Waals surface area contributed by atoms with E-state index in [0.29, 0.717) is 31.7 Å². The van der Waals surface area contributed by atoms with Gasteiger partial charge < -0.3 is 15.8 Å². The predicted molar refractivity (Wildman–Crippen MR) is 64.1 cm³/mol. The van der Waals surface area contributed by atoms with Crippen LogP contribution in [0.3, 0.4) is 0 Å². The molecule has 1 amide bonds. The third kappa shape index (κ3) is 5.47. The van der Waals surface area contributed by atoms with Crippen LogP contribution < -0.4 is 11.1 Å². The Bertz CT molecular complexity index is 201. The molecule has 0 aromatic carbocycles. The quantitative estimate of drug-likeness (QED) is 0.671. The van der Waals surface area contributed by atoms with Crippen molar-refractivity contribution in [1.29, 1.82) is 0 Å². The summed E-state index contributed by atoms with van der Waals surface area (Å²) in [6, 6.07) is 0.365. The second-order valence-electron chi connectivity index (χ2n) is 4.51. The zero-order valence-electron chi connectivity index (χ0n) is 10.2. The van der Waals surface area contributed by atoms with Gasteiger partial charge in [-0.05, 0) is 32.1 Å². The molecule has 1 aliphatic carbocycles. The Morgan fingerprint density at radius 2 is 2.06 bits per heavy atom. The highest BCUT2D eigenvalue weighted by molar-refractivity contribution is 5.75. The van der Waals surface area contributed by atoms with Crippen LogP contribution in [0.15, 0.2) is 0 Å². The molecule has 0 heterocycles. The fraction of sp³-hybridized carbons (Fsp3) is 0.917. The van der Waals surface area contributed by atoms with E-state index in [1.807, 2.05) is 6.92 Å². The molecule has 0 bridgehead atoms. The fourth-order valence-corrected chi connectivity index (χ4v) is 1.99. The number of ether oxygens (including phenoxy) is 1. The number of carbonyl (C=O) groups is 1. The number of rotatable bonds is 6. The second kappa shape index (κ2) is 7.63. The first-order valence-electron chi connectivity index (χ1n) is 6.36. The standard InChI is InChI=1S/C12H24N2O2/c1-2-3-12(15)14-8-9-16-11-6-4-10(13)5-7-11/h10-11H,2-9,13H2,1H3,(H,14,15). The minimum Gasteiger partial charge on any atom is -0.376 e. The molecule has 94 valence electrons. The van der Waals surface area contributed by atoms with E-state index in [-0.39, 0.29) is 5.91 Å². The van der Waals surface area contributed by atoms with Crippen LogP contribution in [0.2, 0.25) is 0 Å². The maximum atomic E-state index is 11.2. The van der Waals surface area contributed by atoms with Crippen LogP contribution >= 0.6 is 0 Å². The van der Waals surface area contributed by atoms with Crippen molar-refractivity contribution < 1.29 is 9.53 Å². The zero-order chi connectivity index (χ0) is 11.8. The normalized spacial score (nSPS) is 25.4. The van der Waals surface area contributed by atoms with E-state index < -0.39 is 0 Å². The maximum absolute atomic E-state index is 11.2. The summed E-state index contributed by atoms with van der Waals surface area (Å²) >= 11 is 0. The van der Waals surface area contributed by atoms with Crippen molar-refractivity contribution in [2.75, 3.05) is 13.2 Å². The molecule has 4 nitrogen and oxygen atoms in total. The van der Waals surface area contributed by atoms with E-state index >= 15 is 0 Å². The molecule has 3 N–H and O–H groups in total. The lowest BCUT2D eigenvalue weighted by atomic mass is 9.94.